The van der Waals surface area contributed by atoms with Crippen LogP contribution in [0, 0.1) is 0 Å². The second-order valence-electron chi connectivity index (χ2n) is 6.41. The van der Waals surface area contributed by atoms with E-state index in [-0.39, 0.29) is 48.5 Å². The van der Waals surface area contributed by atoms with Crippen molar-refractivity contribution in [2.24, 2.45) is 0 Å². The van der Waals surface area contributed by atoms with Gasteiger partial charge in [0, 0.05) is 26.1 Å². The lowest BCUT2D eigenvalue weighted by Gasteiger charge is -2.26. The van der Waals surface area contributed by atoms with Crippen molar-refractivity contribution in [1.29, 1.82) is 0 Å². The van der Waals surface area contributed by atoms with Crippen molar-refractivity contribution in [1.82, 2.24) is 9.62 Å². The molecule has 30 heavy (non-hydrogen) atoms. The predicted molar refractivity (Wildman–Crippen MR) is 112 cm³/mol. The molecule has 11 heteroatoms. The Morgan fingerprint density at radius 1 is 1.23 bits per heavy atom. The number of carbonyl (C=O) groups excluding carboxylic acids is 2. The molecule has 2 aromatic rings. The van der Waals surface area contributed by atoms with Crippen LogP contribution in [-0.4, -0.2) is 64.5 Å². The van der Waals surface area contributed by atoms with E-state index in [9.17, 15) is 18.0 Å². The molecule has 0 radical (unpaired) electrons. The number of hydrogen-bond donors (Lipinski definition) is 2. The van der Waals surface area contributed by atoms with Gasteiger partial charge in [-0.25, -0.2) is 8.42 Å². The molecule has 2 amide bonds. The average Bonchev–Trinajstić information content (AvgIpc) is 3.29. The Morgan fingerprint density at radius 2 is 2.00 bits per heavy atom. The molecule has 3 rings (SSSR count). The average molecular weight is 454 g/mol. The topological polar surface area (TPSA) is 114 Å². The summed E-state index contributed by atoms with van der Waals surface area (Å²) in [5.41, 5.74) is 0.251. The van der Waals surface area contributed by atoms with Gasteiger partial charge in [0.25, 0.3) is 5.91 Å². The van der Waals surface area contributed by atoms with Gasteiger partial charge in [-0.2, -0.15) is 4.31 Å². The summed E-state index contributed by atoms with van der Waals surface area (Å²) >= 11 is 1.32. The quantitative estimate of drug-likeness (QED) is 0.627. The Bertz CT molecular complexity index is 986. The summed E-state index contributed by atoms with van der Waals surface area (Å²) in [5.74, 6) is -0.276. The highest BCUT2D eigenvalue weighted by atomic mass is 32.2. The Kier molecular flexibility index (Phi) is 7.43. The zero-order chi connectivity index (χ0) is 21.6. The van der Waals surface area contributed by atoms with Crippen LogP contribution in [0.2, 0.25) is 0 Å². The van der Waals surface area contributed by atoms with E-state index < -0.39 is 10.0 Å². The van der Waals surface area contributed by atoms with Crippen LogP contribution in [0.3, 0.4) is 0 Å². The molecule has 1 fully saturated rings. The van der Waals surface area contributed by atoms with E-state index >= 15 is 0 Å². The van der Waals surface area contributed by atoms with E-state index in [2.05, 4.69) is 10.6 Å². The summed E-state index contributed by atoms with van der Waals surface area (Å²) in [6, 6.07) is 7.80. The fraction of sp³-hybridized carbons (Fsp3) is 0.368. The molecular formula is C19H23N3O6S2. The van der Waals surface area contributed by atoms with Crippen LogP contribution in [-0.2, 0) is 19.6 Å². The zero-order valence-corrected chi connectivity index (χ0v) is 18.1. The molecule has 1 saturated heterocycles. The number of anilines is 1. The number of nitrogens with one attached hydrogen (secondary N) is 2. The second-order valence-corrected chi connectivity index (χ2v) is 9.30. The number of ether oxygens (including phenoxy) is 2. The third-order valence-corrected chi connectivity index (χ3v) is 7.20. The maximum absolute atomic E-state index is 12.9. The number of thiophene rings is 1. The van der Waals surface area contributed by atoms with Gasteiger partial charge in [0.1, 0.15) is 5.75 Å². The van der Waals surface area contributed by atoms with Crippen molar-refractivity contribution in [3.05, 3.63) is 40.6 Å². The molecule has 1 aliphatic rings. The minimum Gasteiger partial charge on any atom is -0.495 e. The van der Waals surface area contributed by atoms with Crippen LogP contribution < -0.4 is 15.4 Å². The normalized spacial score (nSPS) is 14.8. The van der Waals surface area contributed by atoms with Crippen LogP contribution in [0.4, 0.5) is 5.69 Å². The molecule has 0 spiro atoms. The first-order valence-electron chi connectivity index (χ1n) is 9.29. The fourth-order valence-electron chi connectivity index (χ4n) is 2.88. The second kappa shape index (κ2) is 10.0. The van der Waals surface area contributed by atoms with E-state index in [1.54, 1.807) is 17.5 Å². The minimum absolute atomic E-state index is 0.0285. The first-order chi connectivity index (χ1) is 14.4. The van der Waals surface area contributed by atoms with Crippen molar-refractivity contribution in [3.8, 4) is 5.75 Å². The monoisotopic (exact) mass is 453 g/mol. The van der Waals surface area contributed by atoms with E-state index in [4.69, 9.17) is 9.47 Å². The highest BCUT2D eigenvalue weighted by Crippen LogP contribution is 2.29. The minimum atomic E-state index is -3.71. The molecule has 2 heterocycles. The number of rotatable bonds is 8. The lowest BCUT2D eigenvalue weighted by Crippen LogP contribution is -2.40. The molecule has 1 aromatic heterocycles. The van der Waals surface area contributed by atoms with Crippen molar-refractivity contribution in [2.75, 3.05) is 45.3 Å². The van der Waals surface area contributed by atoms with Crippen molar-refractivity contribution >= 4 is 38.9 Å². The molecule has 1 aliphatic heterocycles. The van der Waals surface area contributed by atoms with Gasteiger partial charge in [-0.15, -0.1) is 11.3 Å². The zero-order valence-electron chi connectivity index (χ0n) is 16.4. The van der Waals surface area contributed by atoms with Gasteiger partial charge < -0.3 is 20.1 Å². The molecular weight excluding hydrogens is 430 g/mol. The van der Waals surface area contributed by atoms with Gasteiger partial charge >= 0.3 is 0 Å². The van der Waals surface area contributed by atoms with E-state index in [0.29, 0.717) is 23.8 Å². The molecule has 0 aliphatic carbocycles. The number of carbonyl (C=O) groups is 2. The lowest BCUT2D eigenvalue weighted by molar-refractivity contribution is -0.116. The molecule has 1 aromatic carbocycles. The number of morpholine rings is 1. The Labute approximate surface area is 179 Å². The molecule has 2 N–H and O–H groups in total. The third-order valence-electron chi connectivity index (χ3n) is 4.44. The van der Waals surface area contributed by atoms with Crippen molar-refractivity contribution in [3.63, 3.8) is 0 Å². The number of methoxy groups -OCH3 is 1. The Morgan fingerprint density at radius 3 is 2.67 bits per heavy atom. The Balaban J connectivity index is 1.64. The lowest BCUT2D eigenvalue weighted by atomic mass is 10.2. The van der Waals surface area contributed by atoms with Crippen LogP contribution >= 0.6 is 11.3 Å². The van der Waals surface area contributed by atoms with Gasteiger partial charge in [-0.3, -0.25) is 9.59 Å². The Hall–Kier alpha value is -2.47. The summed E-state index contributed by atoms with van der Waals surface area (Å²) in [6.45, 7) is 1.39. The van der Waals surface area contributed by atoms with Crippen molar-refractivity contribution in [2.45, 2.75) is 11.3 Å². The molecule has 0 saturated carbocycles. The summed E-state index contributed by atoms with van der Waals surface area (Å²) in [5, 5.41) is 7.14. The first kappa shape index (κ1) is 22.2. The highest BCUT2D eigenvalue weighted by molar-refractivity contribution is 7.89. The van der Waals surface area contributed by atoms with E-state index in [1.165, 1.54) is 41.0 Å². The standard InChI is InChI=1S/C19H23N3O6S2/c1-27-16-5-4-14(30(25,26)22-8-10-28-11-9-22)13-15(16)21-18(23)6-7-20-19(24)17-3-2-12-29-17/h2-5,12-13H,6-11H2,1H3,(H,20,24)(H,21,23). The van der Waals surface area contributed by atoms with E-state index in [1.807, 2.05) is 0 Å². The van der Waals surface area contributed by atoms with Crippen LogP contribution in [0.15, 0.2) is 40.6 Å². The van der Waals surface area contributed by atoms with Crippen molar-refractivity contribution < 1.29 is 27.5 Å². The van der Waals surface area contributed by atoms with Gasteiger partial charge in [0.05, 0.1) is 35.8 Å². The number of nitrogens with zero attached hydrogens (tertiary/aromatic N) is 1. The predicted octanol–water partition coefficient (Wildman–Crippen LogP) is 1.54. The van der Waals surface area contributed by atoms with Gasteiger partial charge in [0.2, 0.25) is 15.9 Å². The van der Waals surface area contributed by atoms with Gasteiger partial charge in [-0.05, 0) is 29.6 Å². The SMILES string of the molecule is COc1ccc(S(=O)(=O)N2CCOCC2)cc1NC(=O)CCNC(=O)c1cccs1. The molecule has 0 atom stereocenters. The van der Waals surface area contributed by atoms with Crippen LogP contribution in [0.25, 0.3) is 0 Å². The molecule has 0 unspecified atom stereocenters. The largest absolute Gasteiger partial charge is 0.495 e. The highest BCUT2D eigenvalue weighted by Gasteiger charge is 2.27. The number of benzene rings is 1. The van der Waals surface area contributed by atoms with Gasteiger partial charge in [-0.1, -0.05) is 6.07 Å². The number of amides is 2. The molecule has 162 valence electrons. The first-order valence-corrected chi connectivity index (χ1v) is 11.6. The van der Waals surface area contributed by atoms with Gasteiger partial charge in [0.15, 0.2) is 0 Å². The van der Waals surface area contributed by atoms with E-state index in [0.717, 1.165) is 0 Å². The summed E-state index contributed by atoms with van der Waals surface area (Å²) in [7, 11) is -2.28. The number of hydrogen-bond acceptors (Lipinski definition) is 7. The van der Waals surface area contributed by atoms with Crippen LogP contribution in [0.1, 0.15) is 16.1 Å². The number of sulfonamides is 1. The summed E-state index contributed by atoms with van der Waals surface area (Å²) in [4.78, 5) is 24.9. The fourth-order valence-corrected chi connectivity index (χ4v) is 4.95. The summed E-state index contributed by atoms with van der Waals surface area (Å²) in [6.07, 6.45) is 0.0285. The molecule has 0 bridgehead atoms. The molecule has 9 nitrogen and oxygen atoms in total. The van der Waals surface area contributed by atoms with Crippen LogP contribution in [0.5, 0.6) is 5.75 Å². The smallest absolute Gasteiger partial charge is 0.261 e. The summed E-state index contributed by atoms with van der Waals surface area (Å²) < 4.78 is 37.5. The maximum atomic E-state index is 12.9. The maximum Gasteiger partial charge on any atom is 0.261 e. The third kappa shape index (κ3) is 5.36.